The maximum absolute atomic E-state index is 13.4. The van der Waals surface area contributed by atoms with Crippen molar-refractivity contribution in [2.75, 3.05) is 26.2 Å². The van der Waals surface area contributed by atoms with Crippen molar-refractivity contribution in [1.82, 2.24) is 15.1 Å². The van der Waals surface area contributed by atoms with E-state index in [0.29, 0.717) is 26.2 Å². The second-order valence-corrected chi connectivity index (χ2v) is 9.42. The highest BCUT2D eigenvalue weighted by Gasteiger charge is 2.32. The van der Waals surface area contributed by atoms with Crippen molar-refractivity contribution in [3.05, 3.63) is 65.7 Å². The number of amides is 3. The topological polar surface area (TPSA) is 108 Å². The fourth-order valence-corrected chi connectivity index (χ4v) is 3.63. The van der Waals surface area contributed by atoms with Crippen LogP contribution in [0.2, 0.25) is 0 Å². The quantitative estimate of drug-likeness (QED) is 0.653. The number of carbonyl (C=O) groups excluding carboxylic acids is 3. The van der Waals surface area contributed by atoms with E-state index in [4.69, 9.17) is 9.47 Å². The number of phenolic OH excluding ortho intramolecular Hbond substituents is 1. The molecule has 0 spiro atoms. The number of alkyl carbamates (subject to hydrolysis) is 1. The van der Waals surface area contributed by atoms with Gasteiger partial charge in [-0.1, -0.05) is 42.5 Å². The average molecular weight is 484 g/mol. The number of rotatable bonds is 6. The molecule has 3 rings (SSSR count). The summed E-state index contributed by atoms with van der Waals surface area (Å²) in [5.41, 5.74) is 1.02. The molecule has 1 atom stereocenters. The number of carbonyl (C=O) groups is 3. The third kappa shape index (κ3) is 8.20. The third-order valence-corrected chi connectivity index (χ3v) is 5.42. The first-order valence-electron chi connectivity index (χ1n) is 11.6. The van der Waals surface area contributed by atoms with Gasteiger partial charge < -0.3 is 29.7 Å². The van der Waals surface area contributed by atoms with E-state index in [9.17, 15) is 19.5 Å². The smallest absolute Gasteiger partial charge is 0.410 e. The predicted octanol–water partition coefficient (Wildman–Crippen LogP) is 3.31. The molecule has 9 nitrogen and oxygen atoms in total. The van der Waals surface area contributed by atoms with Gasteiger partial charge in [-0.25, -0.2) is 9.59 Å². The second kappa shape index (κ2) is 11.6. The van der Waals surface area contributed by atoms with E-state index in [1.807, 2.05) is 30.3 Å². The zero-order chi connectivity index (χ0) is 25.4. The zero-order valence-electron chi connectivity index (χ0n) is 20.4. The van der Waals surface area contributed by atoms with E-state index in [2.05, 4.69) is 5.32 Å². The SMILES string of the molecule is CC(C)(C)OC(=O)N1CCN(C(=O)[C@H](Cc2ccc(O)cc2)NC(=O)OCc2ccccc2)CC1. The fourth-order valence-electron chi connectivity index (χ4n) is 3.63. The van der Waals surface area contributed by atoms with Gasteiger partial charge in [-0.05, 0) is 44.0 Å². The minimum Gasteiger partial charge on any atom is -0.508 e. The molecule has 0 aromatic heterocycles. The molecule has 1 aliphatic heterocycles. The molecular formula is C26H33N3O6. The summed E-state index contributed by atoms with van der Waals surface area (Å²) in [7, 11) is 0. The lowest BCUT2D eigenvalue weighted by atomic mass is 10.0. The molecular weight excluding hydrogens is 450 g/mol. The minimum atomic E-state index is -0.865. The summed E-state index contributed by atoms with van der Waals surface area (Å²) in [6.07, 6.45) is -0.877. The molecule has 2 aromatic rings. The molecule has 2 aromatic carbocycles. The van der Waals surface area contributed by atoms with Gasteiger partial charge in [0.25, 0.3) is 0 Å². The second-order valence-electron chi connectivity index (χ2n) is 9.42. The molecule has 0 aliphatic carbocycles. The number of aromatic hydroxyl groups is 1. The van der Waals surface area contributed by atoms with Gasteiger partial charge >= 0.3 is 12.2 Å². The number of nitrogens with one attached hydrogen (secondary N) is 1. The Bertz CT molecular complexity index is 996. The number of hydrogen-bond acceptors (Lipinski definition) is 6. The summed E-state index contributed by atoms with van der Waals surface area (Å²) < 4.78 is 10.7. The van der Waals surface area contributed by atoms with Crippen molar-refractivity contribution in [3.63, 3.8) is 0 Å². The monoisotopic (exact) mass is 483 g/mol. The van der Waals surface area contributed by atoms with E-state index in [1.54, 1.807) is 42.7 Å². The predicted molar refractivity (Wildman–Crippen MR) is 130 cm³/mol. The van der Waals surface area contributed by atoms with Crippen molar-refractivity contribution in [2.45, 2.75) is 45.4 Å². The Morgan fingerprint density at radius 2 is 1.51 bits per heavy atom. The van der Waals surface area contributed by atoms with Crippen LogP contribution < -0.4 is 5.32 Å². The summed E-state index contributed by atoms with van der Waals surface area (Å²) in [5, 5.41) is 12.3. The van der Waals surface area contributed by atoms with Crippen LogP contribution in [-0.4, -0.2) is 70.8 Å². The first kappa shape index (κ1) is 25.9. The van der Waals surface area contributed by atoms with Crippen LogP contribution in [-0.2, 0) is 27.3 Å². The summed E-state index contributed by atoms with van der Waals surface area (Å²) in [6, 6.07) is 14.9. The van der Waals surface area contributed by atoms with Gasteiger partial charge in [0, 0.05) is 32.6 Å². The molecule has 3 amide bonds. The first-order chi connectivity index (χ1) is 16.6. The Morgan fingerprint density at radius 3 is 2.11 bits per heavy atom. The molecule has 188 valence electrons. The molecule has 0 bridgehead atoms. The van der Waals surface area contributed by atoms with E-state index < -0.39 is 23.8 Å². The number of ether oxygens (including phenoxy) is 2. The van der Waals surface area contributed by atoms with Crippen LogP contribution in [0, 0.1) is 0 Å². The van der Waals surface area contributed by atoms with Crippen molar-refractivity contribution in [2.24, 2.45) is 0 Å². The number of phenols is 1. The van der Waals surface area contributed by atoms with Gasteiger partial charge in [0.2, 0.25) is 5.91 Å². The molecule has 1 fully saturated rings. The lowest BCUT2D eigenvalue weighted by Crippen LogP contribution is -2.56. The number of piperazine rings is 1. The Hall–Kier alpha value is -3.75. The molecule has 1 heterocycles. The number of hydrogen-bond donors (Lipinski definition) is 2. The van der Waals surface area contributed by atoms with E-state index >= 15 is 0 Å². The molecule has 9 heteroatoms. The highest BCUT2D eigenvalue weighted by atomic mass is 16.6. The van der Waals surface area contributed by atoms with E-state index in [-0.39, 0.29) is 24.7 Å². The highest BCUT2D eigenvalue weighted by Crippen LogP contribution is 2.15. The van der Waals surface area contributed by atoms with Crippen LogP contribution in [0.4, 0.5) is 9.59 Å². The largest absolute Gasteiger partial charge is 0.508 e. The minimum absolute atomic E-state index is 0.0847. The third-order valence-electron chi connectivity index (χ3n) is 5.42. The summed E-state index contributed by atoms with van der Waals surface area (Å²) >= 11 is 0. The van der Waals surface area contributed by atoms with Gasteiger partial charge in [-0.15, -0.1) is 0 Å². The normalized spacial score (nSPS) is 14.7. The number of benzene rings is 2. The van der Waals surface area contributed by atoms with E-state index in [0.717, 1.165) is 11.1 Å². The Balaban J connectivity index is 1.62. The van der Waals surface area contributed by atoms with Crippen molar-refractivity contribution in [1.29, 1.82) is 0 Å². The lowest BCUT2D eigenvalue weighted by molar-refractivity contribution is -0.135. The molecule has 35 heavy (non-hydrogen) atoms. The van der Waals surface area contributed by atoms with Crippen LogP contribution in [0.1, 0.15) is 31.9 Å². The Morgan fingerprint density at radius 1 is 0.914 bits per heavy atom. The Kier molecular flexibility index (Phi) is 8.57. The maximum Gasteiger partial charge on any atom is 0.410 e. The van der Waals surface area contributed by atoms with Crippen LogP contribution >= 0.6 is 0 Å². The van der Waals surface area contributed by atoms with E-state index in [1.165, 1.54) is 12.1 Å². The average Bonchev–Trinajstić information content (AvgIpc) is 2.83. The number of nitrogens with zero attached hydrogens (tertiary/aromatic N) is 2. The van der Waals surface area contributed by atoms with Crippen LogP contribution in [0.3, 0.4) is 0 Å². The van der Waals surface area contributed by atoms with Crippen molar-refractivity contribution >= 4 is 18.1 Å². The van der Waals surface area contributed by atoms with Crippen LogP contribution in [0.25, 0.3) is 0 Å². The standard InChI is InChI=1S/C26H33N3O6/c1-26(2,3)35-25(33)29-15-13-28(14-16-29)23(31)22(17-19-9-11-21(30)12-10-19)27-24(32)34-18-20-7-5-4-6-8-20/h4-12,22,30H,13-18H2,1-3H3,(H,27,32)/t22-/m0/s1. The molecule has 0 unspecified atom stereocenters. The highest BCUT2D eigenvalue weighted by molar-refractivity contribution is 5.86. The van der Waals surface area contributed by atoms with Gasteiger partial charge in [-0.3, -0.25) is 4.79 Å². The summed E-state index contributed by atoms with van der Waals surface area (Å²) in [5.74, 6) is -0.149. The van der Waals surface area contributed by atoms with Crippen molar-refractivity contribution < 1.29 is 29.0 Å². The van der Waals surface area contributed by atoms with Gasteiger partial charge in [0.05, 0.1) is 0 Å². The zero-order valence-corrected chi connectivity index (χ0v) is 20.4. The Labute approximate surface area is 205 Å². The first-order valence-corrected chi connectivity index (χ1v) is 11.6. The van der Waals surface area contributed by atoms with Crippen LogP contribution in [0.5, 0.6) is 5.75 Å². The van der Waals surface area contributed by atoms with Crippen molar-refractivity contribution in [3.8, 4) is 5.75 Å². The lowest BCUT2D eigenvalue weighted by Gasteiger charge is -2.37. The van der Waals surface area contributed by atoms with Gasteiger partial charge in [-0.2, -0.15) is 0 Å². The fraction of sp³-hybridized carbons (Fsp3) is 0.423. The molecule has 1 aliphatic rings. The summed E-state index contributed by atoms with van der Waals surface area (Å²) in [4.78, 5) is 41.4. The molecule has 2 N–H and O–H groups in total. The van der Waals surface area contributed by atoms with Gasteiger partial charge in [0.15, 0.2) is 0 Å². The molecule has 0 saturated carbocycles. The summed E-state index contributed by atoms with van der Waals surface area (Å²) in [6.45, 7) is 6.83. The van der Waals surface area contributed by atoms with Gasteiger partial charge in [0.1, 0.15) is 24.0 Å². The molecule has 1 saturated heterocycles. The maximum atomic E-state index is 13.4. The van der Waals surface area contributed by atoms with Crippen LogP contribution in [0.15, 0.2) is 54.6 Å². The molecule has 0 radical (unpaired) electrons.